The zero-order valence-electron chi connectivity index (χ0n) is 11.3. The zero-order valence-corrected chi connectivity index (χ0v) is 12.8. The number of anilines is 1. The number of carbonyl (C=O) groups is 1. The summed E-state index contributed by atoms with van der Waals surface area (Å²) in [6, 6.07) is 2.89. The lowest BCUT2D eigenvalue weighted by Gasteiger charge is -2.15. The number of ether oxygens (including phenoxy) is 1. The Labute approximate surface area is 122 Å². The SMILES string of the molecule is Cc1cc(S(=O)(=O)Cl)cc(C)c1NC(=O)C1CCCO1. The van der Waals surface area contributed by atoms with Crippen LogP contribution in [0.15, 0.2) is 17.0 Å². The Balaban J connectivity index is 2.26. The first kappa shape index (κ1) is 15.3. The molecule has 2 rings (SSSR count). The normalized spacial score (nSPS) is 19.1. The van der Waals surface area contributed by atoms with E-state index in [-0.39, 0.29) is 10.8 Å². The maximum atomic E-state index is 12.0. The third-order valence-electron chi connectivity index (χ3n) is 3.26. The van der Waals surface area contributed by atoms with Crippen molar-refractivity contribution in [3.05, 3.63) is 23.3 Å². The first-order chi connectivity index (χ1) is 9.29. The van der Waals surface area contributed by atoms with Crippen molar-refractivity contribution in [2.45, 2.75) is 37.7 Å². The molecule has 1 fully saturated rings. The summed E-state index contributed by atoms with van der Waals surface area (Å²) < 4.78 is 28.0. The van der Waals surface area contributed by atoms with Crippen LogP contribution in [0.3, 0.4) is 0 Å². The van der Waals surface area contributed by atoms with Crippen molar-refractivity contribution in [3.63, 3.8) is 0 Å². The molecule has 1 amide bonds. The van der Waals surface area contributed by atoms with Gasteiger partial charge in [0.05, 0.1) is 4.90 Å². The monoisotopic (exact) mass is 317 g/mol. The van der Waals surface area contributed by atoms with Gasteiger partial charge in [0.25, 0.3) is 15.0 Å². The fraction of sp³-hybridized carbons (Fsp3) is 0.462. The summed E-state index contributed by atoms with van der Waals surface area (Å²) >= 11 is 0. The van der Waals surface area contributed by atoms with Crippen LogP contribution in [-0.4, -0.2) is 27.0 Å². The Hall–Kier alpha value is -1.11. The van der Waals surface area contributed by atoms with Gasteiger partial charge < -0.3 is 10.1 Å². The molecule has 1 aliphatic heterocycles. The van der Waals surface area contributed by atoms with Gasteiger partial charge in [-0.05, 0) is 49.9 Å². The Bertz CT molecular complexity index is 613. The van der Waals surface area contributed by atoms with Gasteiger partial charge in [-0.25, -0.2) is 8.42 Å². The largest absolute Gasteiger partial charge is 0.368 e. The molecule has 1 atom stereocenters. The van der Waals surface area contributed by atoms with Gasteiger partial charge in [0.2, 0.25) is 0 Å². The molecule has 1 aliphatic rings. The van der Waals surface area contributed by atoms with Crippen molar-refractivity contribution >= 4 is 31.3 Å². The Morgan fingerprint density at radius 3 is 2.40 bits per heavy atom. The second-order valence-electron chi connectivity index (χ2n) is 4.86. The molecule has 110 valence electrons. The van der Waals surface area contributed by atoms with E-state index in [1.165, 1.54) is 12.1 Å². The lowest BCUT2D eigenvalue weighted by atomic mass is 10.1. The lowest BCUT2D eigenvalue weighted by molar-refractivity contribution is -0.124. The summed E-state index contributed by atoms with van der Waals surface area (Å²) in [6.07, 6.45) is 1.16. The van der Waals surface area contributed by atoms with Crippen molar-refractivity contribution in [2.75, 3.05) is 11.9 Å². The summed E-state index contributed by atoms with van der Waals surface area (Å²) in [5.41, 5.74) is 1.90. The van der Waals surface area contributed by atoms with Crippen LogP contribution >= 0.6 is 10.7 Å². The van der Waals surface area contributed by atoms with E-state index in [0.29, 0.717) is 29.8 Å². The third kappa shape index (κ3) is 3.31. The second kappa shape index (κ2) is 5.71. The number of carbonyl (C=O) groups excluding carboxylic acids is 1. The molecule has 1 unspecified atom stereocenters. The minimum Gasteiger partial charge on any atom is -0.368 e. The van der Waals surface area contributed by atoms with Gasteiger partial charge in [0.15, 0.2) is 0 Å². The molecule has 0 bridgehead atoms. The molecule has 1 aromatic carbocycles. The maximum absolute atomic E-state index is 12.0. The molecule has 1 N–H and O–H groups in total. The Kier molecular flexibility index (Phi) is 4.36. The minimum absolute atomic E-state index is 0.0317. The van der Waals surface area contributed by atoms with Crippen LogP contribution < -0.4 is 5.32 Å². The summed E-state index contributed by atoms with van der Waals surface area (Å²) in [5, 5.41) is 2.80. The molecule has 0 aromatic heterocycles. The number of benzene rings is 1. The smallest absolute Gasteiger partial charge is 0.261 e. The molecule has 0 spiro atoms. The van der Waals surface area contributed by atoms with E-state index < -0.39 is 15.2 Å². The van der Waals surface area contributed by atoms with Crippen LogP contribution in [0.5, 0.6) is 0 Å². The standard InChI is InChI=1S/C13H16ClNO4S/c1-8-6-10(20(14,17)18)7-9(2)12(8)15-13(16)11-4-3-5-19-11/h6-7,11H,3-5H2,1-2H3,(H,15,16). The highest BCUT2D eigenvalue weighted by Crippen LogP contribution is 2.27. The van der Waals surface area contributed by atoms with Gasteiger partial charge in [-0.15, -0.1) is 0 Å². The summed E-state index contributed by atoms with van der Waals surface area (Å²) in [6.45, 7) is 4.05. The first-order valence-corrected chi connectivity index (χ1v) is 8.58. The Morgan fingerprint density at radius 2 is 1.95 bits per heavy atom. The number of hydrogen-bond donors (Lipinski definition) is 1. The fourth-order valence-corrected chi connectivity index (χ4v) is 3.15. The van der Waals surface area contributed by atoms with Crippen molar-refractivity contribution in [2.24, 2.45) is 0 Å². The second-order valence-corrected chi connectivity index (χ2v) is 7.43. The van der Waals surface area contributed by atoms with Gasteiger partial charge >= 0.3 is 0 Å². The van der Waals surface area contributed by atoms with Crippen molar-refractivity contribution < 1.29 is 17.9 Å². The van der Waals surface area contributed by atoms with Gasteiger partial charge in [0, 0.05) is 23.0 Å². The van der Waals surface area contributed by atoms with Crippen LogP contribution in [0.4, 0.5) is 5.69 Å². The van der Waals surface area contributed by atoms with Crippen molar-refractivity contribution in [3.8, 4) is 0 Å². The van der Waals surface area contributed by atoms with Gasteiger partial charge in [-0.3, -0.25) is 4.79 Å². The van der Waals surface area contributed by atoms with Crippen LogP contribution in [0.25, 0.3) is 0 Å². The molecule has 0 radical (unpaired) electrons. The minimum atomic E-state index is -3.77. The molecule has 0 aliphatic carbocycles. The highest BCUT2D eigenvalue weighted by Gasteiger charge is 2.24. The van der Waals surface area contributed by atoms with E-state index in [2.05, 4.69) is 5.32 Å². The lowest BCUT2D eigenvalue weighted by Crippen LogP contribution is -2.27. The van der Waals surface area contributed by atoms with E-state index in [4.69, 9.17) is 15.4 Å². The summed E-state index contributed by atoms with van der Waals surface area (Å²) in [7, 11) is 1.56. The molecule has 5 nitrogen and oxygen atoms in total. The van der Waals surface area contributed by atoms with Crippen molar-refractivity contribution in [1.82, 2.24) is 0 Å². The van der Waals surface area contributed by atoms with Crippen molar-refractivity contribution in [1.29, 1.82) is 0 Å². The summed E-state index contributed by atoms with van der Waals surface area (Å²) in [4.78, 5) is 12.1. The molecule has 20 heavy (non-hydrogen) atoms. The van der Waals surface area contributed by atoms with Gasteiger partial charge in [0.1, 0.15) is 6.10 Å². The fourth-order valence-electron chi connectivity index (χ4n) is 2.25. The van der Waals surface area contributed by atoms with E-state index >= 15 is 0 Å². The molecular formula is C13H16ClNO4S. The molecular weight excluding hydrogens is 302 g/mol. The number of aryl methyl sites for hydroxylation is 2. The molecule has 0 saturated carbocycles. The average molecular weight is 318 g/mol. The Morgan fingerprint density at radius 1 is 1.35 bits per heavy atom. The first-order valence-electron chi connectivity index (χ1n) is 6.27. The predicted octanol–water partition coefficient (Wildman–Crippen LogP) is 2.35. The van der Waals surface area contributed by atoms with E-state index in [0.717, 1.165) is 6.42 Å². The number of rotatable bonds is 3. The summed E-state index contributed by atoms with van der Waals surface area (Å²) in [5.74, 6) is -0.199. The van der Waals surface area contributed by atoms with E-state index in [9.17, 15) is 13.2 Å². The molecule has 1 saturated heterocycles. The number of nitrogens with one attached hydrogen (secondary N) is 1. The number of hydrogen-bond acceptors (Lipinski definition) is 4. The molecule has 1 aromatic rings. The van der Waals surface area contributed by atoms with Gasteiger partial charge in [-0.1, -0.05) is 0 Å². The van der Waals surface area contributed by atoms with Crippen LogP contribution in [-0.2, 0) is 18.6 Å². The van der Waals surface area contributed by atoms with Crippen LogP contribution in [0, 0.1) is 13.8 Å². The highest BCUT2D eigenvalue weighted by atomic mass is 35.7. The third-order valence-corrected chi connectivity index (χ3v) is 4.59. The van der Waals surface area contributed by atoms with E-state index in [1.807, 2.05) is 0 Å². The number of amides is 1. The van der Waals surface area contributed by atoms with Gasteiger partial charge in [-0.2, -0.15) is 0 Å². The van der Waals surface area contributed by atoms with E-state index in [1.54, 1.807) is 13.8 Å². The topological polar surface area (TPSA) is 72.5 Å². The van der Waals surface area contributed by atoms with Crippen LogP contribution in [0.1, 0.15) is 24.0 Å². The quantitative estimate of drug-likeness (QED) is 0.869. The zero-order chi connectivity index (χ0) is 14.9. The highest BCUT2D eigenvalue weighted by molar-refractivity contribution is 8.13. The predicted molar refractivity (Wildman–Crippen MR) is 76.6 cm³/mol. The average Bonchev–Trinajstić information content (AvgIpc) is 2.85. The maximum Gasteiger partial charge on any atom is 0.261 e. The molecule has 7 heteroatoms. The number of halogens is 1. The van der Waals surface area contributed by atoms with Crippen LogP contribution in [0.2, 0.25) is 0 Å². The molecule has 1 heterocycles.